The van der Waals surface area contributed by atoms with Crippen LogP contribution in [0.2, 0.25) is 5.02 Å². The molecule has 0 radical (unpaired) electrons. The Morgan fingerprint density at radius 1 is 1.11 bits per heavy atom. The fourth-order valence-corrected chi connectivity index (χ4v) is 4.75. The minimum Gasteiger partial charge on any atom is -0.346 e. The minimum atomic E-state index is -0.479. The lowest BCUT2D eigenvalue weighted by Crippen LogP contribution is -2.24. The molecule has 0 aliphatic heterocycles. The van der Waals surface area contributed by atoms with E-state index >= 15 is 0 Å². The van der Waals surface area contributed by atoms with Gasteiger partial charge in [-0.25, -0.2) is 4.98 Å². The molecule has 1 atom stereocenters. The van der Waals surface area contributed by atoms with E-state index in [9.17, 15) is 9.59 Å². The van der Waals surface area contributed by atoms with Crippen molar-refractivity contribution in [2.45, 2.75) is 12.6 Å². The molecular formula is C29H22ClN5O2. The van der Waals surface area contributed by atoms with Crippen LogP contribution in [0.1, 0.15) is 28.4 Å². The largest absolute Gasteiger partial charge is 0.346 e. The number of nitriles is 1. The molecule has 1 amide bonds. The quantitative estimate of drug-likeness (QED) is 0.320. The van der Waals surface area contributed by atoms with Gasteiger partial charge < -0.3 is 14.5 Å². The van der Waals surface area contributed by atoms with Crippen molar-refractivity contribution in [2.24, 2.45) is 7.05 Å². The zero-order valence-electron chi connectivity index (χ0n) is 19.9. The normalized spacial score (nSPS) is 11.7. The second-order valence-corrected chi connectivity index (χ2v) is 9.15. The number of fused-ring (bicyclic) bond motifs is 1. The van der Waals surface area contributed by atoms with Gasteiger partial charge in [-0.05, 0) is 58.7 Å². The van der Waals surface area contributed by atoms with Crippen LogP contribution in [0.5, 0.6) is 0 Å². The van der Waals surface area contributed by atoms with E-state index in [1.165, 1.54) is 0 Å². The topological polar surface area (TPSA) is 92.7 Å². The number of aryl methyl sites for hydroxylation is 1. The lowest BCUT2D eigenvalue weighted by Gasteiger charge is -2.20. The maximum atomic E-state index is 12.7. The molecule has 2 aromatic heterocycles. The van der Waals surface area contributed by atoms with E-state index < -0.39 is 6.04 Å². The van der Waals surface area contributed by atoms with Crippen molar-refractivity contribution in [2.75, 3.05) is 0 Å². The fourth-order valence-electron chi connectivity index (χ4n) is 4.56. The summed E-state index contributed by atoms with van der Waals surface area (Å²) in [5, 5.41) is 13.4. The minimum absolute atomic E-state index is 0.127. The van der Waals surface area contributed by atoms with Crippen LogP contribution < -0.4 is 10.9 Å². The van der Waals surface area contributed by atoms with Crippen molar-refractivity contribution in [3.05, 3.63) is 123 Å². The van der Waals surface area contributed by atoms with Crippen molar-refractivity contribution in [3.8, 4) is 17.2 Å². The predicted molar refractivity (Wildman–Crippen MR) is 143 cm³/mol. The average molecular weight is 508 g/mol. The first kappa shape index (κ1) is 24.0. The standard InChI is InChI=1S/C29H22ClN5O2/c1-34-26-10-9-22(12-25(26)24(13-28(34)37)21-3-2-4-23(30)11-21)29(33-18-36)27-15-32-17-35(27)16-20-7-5-19(14-31)6-8-20/h2-13,15,17-18,29H,16H2,1H3,(H,33,36). The van der Waals surface area contributed by atoms with Crippen LogP contribution in [-0.4, -0.2) is 20.5 Å². The number of halogens is 1. The summed E-state index contributed by atoms with van der Waals surface area (Å²) < 4.78 is 3.57. The molecule has 5 rings (SSSR count). The van der Waals surface area contributed by atoms with Crippen LogP contribution in [0.15, 0.2) is 90.1 Å². The first-order valence-electron chi connectivity index (χ1n) is 11.6. The number of nitrogens with one attached hydrogen (secondary N) is 1. The highest BCUT2D eigenvalue weighted by atomic mass is 35.5. The molecule has 0 aliphatic carbocycles. The van der Waals surface area contributed by atoms with Crippen molar-refractivity contribution >= 4 is 28.9 Å². The number of carbonyl (C=O) groups excluding carboxylic acids is 1. The summed E-state index contributed by atoms with van der Waals surface area (Å²) >= 11 is 6.25. The van der Waals surface area contributed by atoms with Gasteiger partial charge in [0.25, 0.3) is 5.56 Å². The lowest BCUT2D eigenvalue weighted by molar-refractivity contribution is -0.110. The predicted octanol–water partition coefficient (Wildman–Crippen LogP) is 4.81. The maximum absolute atomic E-state index is 12.7. The van der Waals surface area contributed by atoms with E-state index in [1.54, 1.807) is 48.4 Å². The van der Waals surface area contributed by atoms with Crippen molar-refractivity contribution in [1.82, 2.24) is 19.4 Å². The Labute approximate surface area is 218 Å². The van der Waals surface area contributed by atoms with Crippen molar-refractivity contribution in [1.29, 1.82) is 5.26 Å². The van der Waals surface area contributed by atoms with Crippen LogP contribution in [0.4, 0.5) is 0 Å². The first-order valence-corrected chi connectivity index (χ1v) is 11.9. The highest BCUT2D eigenvalue weighted by Crippen LogP contribution is 2.32. The van der Waals surface area contributed by atoms with E-state index in [0.717, 1.165) is 38.9 Å². The summed E-state index contributed by atoms with van der Waals surface area (Å²) in [5.41, 5.74) is 5.46. The van der Waals surface area contributed by atoms with Gasteiger partial charge in [0.05, 0.1) is 41.4 Å². The smallest absolute Gasteiger partial charge is 0.251 e. The van der Waals surface area contributed by atoms with Gasteiger partial charge >= 0.3 is 0 Å². The number of rotatable bonds is 7. The monoisotopic (exact) mass is 507 g/mol. The van der Waals surface area contributed by atoms with Gasteiger partial charge in [0.1, 0.15) is 0 Å². The molecule has 3 aromatic carbocycles. The van der Waals surface area contributed by atoms with E-state index in [0.29, 0.717) is 23.5 Å². The molecule has 0 saturated carbocycles. The van der Waals surface area contributed by atoms with Crippen molar-refractivity contribution in [3.63, 3.8) is 0 Å². The summed E-state index contributed by atoms with van der Waals surface area (Å²) in [5.74, 6) is 0. The summed E-state index contributed by atoms with van der Waals surface area (Å²) in [6.07, 6.45) is 4.12. The van der Waals surface area contributed by atoms with E-state index in [4.69, 9.17) is 16.9 Å². The van der Waals surface area contributed by atoms with Crippen LogP contribution in [0.3, 0.4) is 0 Å². The Morgan fingerprint density at radius 3 is 2.65 bits per heavy atom. The van der Waals surface area contributed by atoms with Crippen molar-refractivity contribution < 1.29 is 4.79 Å². The molecule has 0 aliphatic rings. The Kier molecular flexibility index (Phi) is 6.59. The Hall–Kier alpha value is -4.67. The summed E-state index contributed by atoms with van der Waals surface area (Å²) in [4.78, 5) is 28.7. The average Bonchev–Trinajstić information content (AvgIpc) is 3.37. The number of hydrogen-bond acceptors (Lipinski definition) is 4. The summed E-state index contributed by atoms with van der Waals surface area (Å²) in [6, 6.07) is 23.8. The molecule has 0 bridgehead atoms. The molecule has 5 aromatic rings. The Balaban J connectivity index is 1.62. The maximum Gasteiger partial charge on any atom is 0.251 e. The third-order valence-corrected chi connectivity index (χ3v) is 6.69. The first-order chi connectivity index (χ1) is 18.0. The SMILES string of the molecule is Cn1c(=O)cc(-c2cccc(Cl)c2)c2cc(C(NC=O)c3cncn3Cc3ccc(C#N)cc3)ccc21. The van der Waals surface area contributed by atoms with Gasteiger partial charge in [0.2, 0.25) is 6.41 Å². The number of hydrogen-bond donors (Lipinski definition) is 1. The van der Waals surface area contributed by atoms with Gasteiger partial charge in [-0.15, -0.1) is 0 Å². The van der Waals surface area contributed by atoms with Crippen LogP contribution in [0, 0.1) is 11.3 Å². The second-order valence-electron chi connectivity index (χ2n) is 8.71. The van der Waals surface area contributed by atoms with Gasteiger partial charge in [-0.1, -0.05) is 41.9 Å². The Morgan fingerprint density at radius 2 is 1.92 bits per heavy atom. The lowest BCUT2D eigenvalue weighted by atomic mass is 9.96. The molecule has 2 heterocycles. The number of amides is 1. The molecule has 0 spiro atoms. The molecule has 1 N–H and O–H groups in total. The zero-order chi connectivity index (χ0) is 25.9. The molecule has 182 valence electrons. The number of benzene rings is 3. The molecule has 37 heavy (non-hydrogen) atoms. The fraction of sp³-hybridized carbons (Fsp3) is 0.103. The number of imidazole rings is 1. The van der Waals surface area contributed by atoms with Crippen LogP contribution in [0.25, 0.3) is 22.0 Å². The van der Waals surface area contributed by atoms with Gasteiger partial charge in [0, 0.05) is 30.1 Å². The molecule has 0 fully saturated rings. The van der Waals surface area contributed by atoms with Crippen LogP contribution >= 0.6 is 11.6 Å². The summed E-state index contributed by atoms with van der Waals surface area (Å²) in [7, 11) is 1.74. The second kappa shape index (κ2) is 10.1. The molecule has 8 heteroatoms. The van der Waals surface area contributed by atoms with E-state index in [1.807, 2.05) is 53.1 Å². The highest BCUT2D eigenvalue weighted by molar-refractivity contribution is 6.30. The van der Waals surface area contributed by atoms with Gasteiger partial charge in [-0.3, -0.25) is 9.59 Å². The summed E-state index contributed by atoms with van der Waals surface area (Å²) in [6.45, 7) is 0.522. The number of nitrogens with zero attached hydrogens (tertiary/aromatic N) is 4. The number of pyridine rings is 1. The highest BCUT2D eigenvalue weighted by Gasteiger charge is 2.20. The third kappa shape index (κ3) is 4.75. The molecule has 7 nitrogen and oxygen atoms in total. The molecule has 1 unspecified atom stereocenters. The van der Waals surface area contributed by atoms with Crippen LogP contribution in [-0.2, 0) is 18.4 Å². The van der Waals surface area contributed by atoms with E-state index in [2.05, 4.69) is 16.4 Å². The van der Waals surface area contributed by atoms with Gasteiger partial charge in [-0.2, -0.15) is 5.26 Å². The van der Waals surface area contributed by atoms with E-state index in [-0.39, 0.29) is 5.56 Å². The number of carbonyl (C=O) groups is 1. The van der Waals surface area contributed by atoms with Gasteiger partial charge in [0.15, 0.2) is 0 Å². The third-order valence-electron chi connectivity index (χ3n) is 6.45. The zero-order valence-corrected chi connectivity index (χ0v) is 20.7. The molecule has 0 saturated heterocycles. The Bertz CT molecular complexity index is 1710. The number of aromatic nitrogens is 3. The molecular weight excluding hydrogens is 486 g/mol.